The molecule has 0 saturated heterocycles. The zero-order valence-corrected chi connectivity index (χ0v) is 19.3. The summed E-state index contributed by atoms with van der Waals surface area (Å²) in [6.45, 7) is 3.84. The van der Waals surface area contributed by atoms with Crippen molar-refractivity contribution in [3.05, 3.63) is 90.0 Å². The largest absolute Gasteiger partial charge is 0.507 e. The van der Waals surface area contributed by atoms with Crippen molar-refractivity contribution in [3.63, 3.8) is 0 Å². The molecule has 7 heteroatoms. The van der Waals surface area contributed by atoms with Crippen molar-refractivity contribution in [3.8, 4) is 11.5 Å². The lowest BCUT2D eigenvalue weighted by molar-refractivity contribution is 0.481. The summed E-state index contributed by atoms with van der Waals surface area (Å²) in [4.78, 5) is 0. The molecule has 0 amide bonds. The summed E-state index contributed by atoms with van der Waals surface area (Å²) in [6, 6.07) is 23.7. The first-order valence-corrected chi connectivity index (χ1v) is 11.1. The normalized spacial score (nSPS) is 11.8. The van der Waals surface area contributed by atoms with E-state index in [1.807, 2.05) is 50.2 Å². The first kappa shape index (κ1) is 22.0. The second-order valence-electron chi connectivity index (χ2n) is 8.35. The predicted octanol–water partition coefficient (Wildman–Crippen LogP) is 8.43. The van der Waals surface area contributed by atoms with Crippen LogP contribution in [0.3, 0.4) is 0 Å². The number of nitrogens with zero attached hydrogens (tertiary/aromatic N) is 4. The van der Waals surface area contributed by atoms with Crippen molar-refractivity contribution in [1.82, 2.24) is 0 Å². The van der Waals surface area contributed by atoms with Gasteiger partial charge in [-0.15, -0.1) is 10.2 Å². The Hall–Kier alpha value is -4.78. The minimum Gasteiger partial charge on any atom is -0.507 e. The summed E-state index contributed by atoms with van der Waals surface area (Å²) in [7, 11) is 0. The zero-order chi connectivity index (χ0) is 24.5. The van der Waals surface area contributed by atoms with Gasteiger partial charge in [0.05, 0.1) is 22.4 Å². The van der Waals surface area contributed by atoms with Crippen LogP contribution in [0.15, 0.2) is 99.3 Å². The van der Waals surface area contributed by atoms with Gasteiger partial charge >= 0.3 is 0 Å². The monoisotopic (exact) mass is 461 g/mol. The summed E-state index contributed by atoms with van der Waals surface area (Å²) < 4.78 is 0. The highest BCUT2D eigenvalue weighted by Crippen LogP contribution is 2.41. The number of phenolic OH excluding ortho intramolecular Hbond substituents is 2. The number of anilines is 1. The van der Waals surface area contributed by atoms with Crippen LogP contribution in [0.1, 0.15) is 11.1 Å². The molecule has 0 radical (unpaired) electrons. The number of fused-ring (bicyclic) bond motifs is 2. The Morgan fingerprint density at radius 2 is 1.29 bits per heavy atom. The number of aryl methyl sites for hydroxylation is 2. The van der Waals surface area contributed by atoms with Crippen LogP contribution in [-0.2, 0) is 0 Å². The molecular formula is C28H23N5O2. The van der Waals surface area contributed by atoms with Gasteiger partial charge in [-0.25, -0.2) is 0 Å². The molecule has 0 atom stereocenters. The van der Waals surface area contributed by atoms with Crippen molar-refractivity contribution >= 4 is 50.0 Å². The highest BCUT2D eigenvalue weighted by atomic mass is 16.3. The Morgan fingerprint density at radius 1 is 0.629 bits per heavy atom. The van der Waals surface area contributed by atoms with Gasteiger partial charge in [0, 0.05) is 5.39 Å². The van der Waals surface area contributed by atoms with Crippen LogP contribution >= 0.6 is 0 Å². The lowest BCUT2D eigenvalue weighted by atomic mass is 10.0. The maximum absolute atomic E-state index is 10.7. The van der Waals surface area contributed by atoms with Gasteiger partial charge in [0.1, 0.15) is 17.1 Å². The van der Waals surface area contributed by atoms with Gasteiger partial charge in [-0.3, -0.25) is 0 Å². The molecule has 5 rings (SSSR count). The van der Waals surface area contributed by atoms with E-state index < -0.39 is 0 Å². The minimum atomic E-state index is 0.103. The molecule has 172 valence electrons. The van der Waals surface area contributed by atoms with Gasteiger partial charge in [-0.1, -0.05) is 36.4 Å². The minimum absolute atomic E-state index is 0.103. The average molecular weight is 462 g/mol. The fraction of sp³-hybridized carbons (Fsp3) is 0.0714. The van der Waals surface area contributed by atoms with E-state index in [2.05, 4.69) is 20.5 Å². The molecule has 5 aromatic rings. The maximum Gasteiger partial charge on any atom is 0.151 e. The summed E-state index contributed by atoms with van der Waals surface area (Å²) in [5, 5.41) is 41.3. The standard InChI is InChI=1S/C28H23N5O2/c1-16-5-3-6-18-9-14-22(28(35)24(16)18)32-30-20-10-12-21(13-11-20)31-33-27-25-19(7-4-8-23(25)34)15-17(2)26(27)29/h3-15,34-35H,29H2,1-2H3. The van der Waals surface area contributed by atoms with Crippen LogP contribution in [0.2, 0.25) is 0 Å². The van der Waals surface area contributed by atoms with Crippen LogP contribution in [-0.4, -0.2) is 10.2 Å². The van der Waals surface area contributed by atoms with Gasteiger partial charge in [0.15, 0.2) is 5.75 Å². The Kier molecular flexibility index (Phi) is 5.58. The highest BCUT2D eigenvalue weighted by Gasteiger charge is 2.12. The molecule has 0 unspecified atom stereocenters. The van der Waals surface area contributed by atoms with Gasteiger partial charge in [0.25, 0.3) is 0 Å². The number of azo groups is 2. The van der Waals surface area contributed by atoms with Crippen molar-refractivity contribution in [2.45, 2.75) is 13.8 Å². The van der Waals surface area contributed by atoms with Crippen LogP contribution in [0.4, 0.5) is 28.4 Å². The molecule has 7 nitrogen and oxygen atoms in total. The van der Waals surface area contributed by atoms with Gasteiger partial charge in [0.2, 0.25) is 0 Å². The Bertz CT molecular complexity index is 1640. The number of nitrogen functional groups attached to an aromatic ring is 1. The van der Waals surface area contributed by atoms with Crippen molar-refractivity contribution < 1.29 is 10.2 Å². The molecule has 35 heavy (non-hydrogen) atoms. The predicted molar refractivity (Wildman–Crippen MR) is 140 cm³/mol. The molecule has 0 aliphatic carbocycles. The van der Waals surface area contributed by atoms with E-state index in [0.29, 0.717) is 33.8 Å². The summed E-state index contributed by atoms with van der Waals surface area (Å²) >= 11 is 0. The quantitative estimate of drug-likeness (QED) is 0.184. The van der Waals surface area contributed by atoms with Crippen LogP contribution in [0, 0.1) is 13.8 Å². The Balaban J connectivity index is 1.41. The first-order chi connectivity index (χ1) is 16.9. The average Bonchev–Trinajstić information content (AvgIpc) is 2.85. The van der Waals surface area contributed by atoms with Gasteiger partial charge in [-0.2, -0.15) is 10.2 Å². The fourth-order valence-electron chi connectivity index (χ4n) is 4.09. The maximum atomic E-state index is 10.7. The SMILES string of the molecule is Cc1cc2cccc(O)c2c(N=Nc2ccc(N=Nc3ccc4cccc(C)c4c3O)cc2)c1N. The van der Waals surface area contributed by atoms with Gasteiger partial charge in [-0.05, 0) is 78.2 Å². The fourth-order valence-corrected chi connectivity index (χ4v) is 4.09. The van der Waals surface area contributed by atoms with E-state index in [1.54, 1.807) is 42.5 Å². The summed E-state index contributed by atoms with van der Waals surface area (Å²) in [6.07, 6.45) is 0. The Labute approximate surface area is 201 Å². The first-order valence-electron chi connectivity index (χ1n) is 11.1. The third-order valence-corrected chi connectivity index (χ3v) is 5.96. The number of hydrogen-bond acceptors (Lipinski definition) is 7. The third-order valence-electron chi connectivity index (χ3n) is 5.96. The van der Waals surface area contributed by atoms with Crippen LogP contribution in [0.25, 0.3) is 21.5 Å². The summed E-state index contributed by atoms with van der Waals surface area (Å²) in [5.41, 5.74) is 10.6. The summed E-state index contributed by atoms with van der Waals surface area (Å²) in [5.74, 6) is 0.215. The second-order valence-corrected chi connectivity index (χ2v) is 8.35. The Morgan fingerprint density at radius 3 is 2.03 bits per heavy atom. The van der Waals surface area contributed by atoms with Gasteiger partial charge < -0.3 is 15.9 Å². The molecular weight excluding hydrogens is 438 g/mol. The molecule has 4 N–H and O–H groups in total. The van der Waals surface area contributed by atoms with Crippen molar-refractivity contribution in [2.75, 3.05) is 5.73 Å². The highest BCUT2D eigenvalue weighted by molar-refractivity contribution is 6.03. The van der Waals surface area contributed by atoms with E-state index in [-0.39, 0.29) is 11.5 Å². The molecule has 0 fully saturated rings. The molecule has 0 heterocycles. The molecule has 5 aromatic carbocycles. The topological polar surface area (TPSA) is 116 Å². The van der Waals surface area contributed by atoms with E-state index in [4.69, 9.17) is 5.73 Å². The zero-order valence-electron chi connectivity index (χ0n) is 19.3. The van der Waals surface area contributed by atoms with E-state index in [9.17, 15) is 10.2 Å². The number of phenols is 2. The van der Waals surface area contributed by atoms with E-state index >= 15 is 0 Å². The van der Waals surface area contributed by atoms with Crippen LogP contribution < -0.4 is 5.73 Å². The number of nitrogens with two attached hydrogens (primary N) is 1. The number of aromatic hydroxyl groups is 2. The van der Waals surface area contributed by atoms with Crippen LogP contribution in [0.5, 0.6) is 11.5 Å². The molecule has 0 aliphatic heterocycles. The molecule has 0 aliphatic rings. The van der Waals surface area contributed by atoms with E-state index in [1.165, 1.54) is 0 Å². The lowest BCUT2D eigenvalue weighted by Gasteiger charge is -2.09. The third kappa shape index (κ3) is 4.15. The lowest BCUT2D eigenvalue weighted by Crippen LogP contribution is -1.91. The number of rotatable bonds is 4. The smallest absolute Gasteiger partial charge is 0.151 e. The molecule has 0 saturated carbocycles. The number of benzene rings is 5. The van der Waals surface area contributed by atoms with E-state index in [0.717, 1.165) is 27.3 Å². The second kappa shape index (κ2) is 8.87. The van der Waals surface area contributed by atoms with Crippen molar-refractivity contribution in [2.24, 2.45) is 20.5 Å². The van der Waals surface area contributed by atoms with Crippen molar-refractivity contribution in [1.29, 1.82) is 0 Å². The number of hydrogen-bond donors (Lipinski definition) is 3. The molecule has 0 aromatic heterocycles. The molecule has 0 spiro atoms. The molecule has 0 bridgehead atoms.